The maximum Gasteiger partial charge on any atom is 0.119 e. The fourth-order valence-corrected chi connectivity index (χ4v) is 2.36. The summed E-state index contributed by atoms with van der Waals surface area (Å²) in [6.07, 6.45) is 2.27. The summed E-state index contributed by atoms with van der Waals surface area (Å²) in [5.41, 5.74) is 1.58. The van der Waals surface area contributed by atoms with Crippen LogP contribution in [0.1, 0.15) is 46.1 Å². The molecule has 1 N–H and O–H groups in total. The van der Waals surface area contributed by atoms with Gasteiger partial charge in [0.25, 0.3) is 0 Å². The first-order chi connectivity index (χ1) is 8.57. The van der Waals surface area contributed by atoms with Gasteiger partial charge >= 0.3 is 0 Å². The van der Waals surface area contributed by atoms with Crippen molar-refractivity contribution in [2.45, 2.75) is 52.0 Å². The number of rotatable bonds is 7. The zero-order valence-corrected chi connectivity index (χ0v) is 12.4. The van der Waals surface area contributed by atoms with Gasteiger partial charge in [0.05, 0.1) is 7.11 Å². The van der Waals surface area contributed by atoms with Crippen molar-refractivity contribution in [3.63, 3.8) is 0 Å². The molecule has 18 heavy (non-hydrogen) atoms. The van der Waals surface area contributed by atoms with Gasteiger partial charge < -0.3 is 10.1 Å². The van der Waals surface area contributed by atoms with E-state index in [4.69, 9.17) is 4.74 Å². The van der Waals surface area contributed by atoms with Crippen LogP contribution in [-0.2, 0) is 5.41 Å². The number of ether oxygens (including phenoxy) is 1. The average Bonchev–Trinajstić information content (AvgIpc) is 2.40. The number of benzene rings is 1. The maximum absolute atomic E-state index is 5.34. The molecule has 0 amide bonds. The highest BCUT2D eigenvalue weighted by atomic mass is 16.5. The summed E-state index contributed by atoms with van der Waals surface area (Å²) >= 11 is 0. The van der Waals surface area contributed by atoms with E-state index in [9.17, 15) is 0 Å². The van der Waals surface area contributed by atoms with Crippen molar-refractivity contribution >= 4 is 0 Å². The highest BCUT2D eigenvalue weighted by molar-refractivity contribution is 5.34. The van der Waals surface area contributed by atoms with Crippen LogP contribution in [0.5, 0.6) is 5.75 Å². The Labute approximate surface area is 112 Å². The third kappa shape index (κ3) is 3.49. The molecule has 0 saturated heterocycles. The molecule has 0 aliphatic heterocycles. The molecule has 1 rings (SSSR count). The van der Waals surface area contributed by atoms with Gasteiger partial charge in [-0.3, -0.25) is 0 Å². The van der Waals surface area contributed by atoms with Crippen molar-refractivity contribution in [3.8, 4) is 5.75 Å². The summed E-state index contributed by atoms with van der Waals surface area (Å²) in [5.74, 6) is 0.948. The lowest BCUT2D eigenvalue weighted by Crippen LogP contribution is -2.40. The van der Waals surface area contributed by atoms with Crippen LogP contribution in [0.3, 0.4) is 0 Å². The van der Waals surface area contributed by atoms with E-state index < -0.39 is 0 Å². The molecule has 0 unspecified atom stereocenters. The number of methoxy groups -OCH3 is 1. The largest absolute Gasteiger partial charge is 0.497 e. The van der Waals surface area contributed by atoms with Gasteiger partial charge in [0.2, 0.25) is 0 Å². The molecule has 2 heteroatoms. The Morgan fingerprint density at radius 3 is 2.39 bits per heavy atom. The Balaban J connectivity index is 3.01. The van der Waals surface area contributed by atoms with Gasteiger partial charge in [-0.25, -0.2) is 0 Å². The Kier molecular flexibility index (Phi) is 5.67. The van der Waals surface area contributed by atoms with Crippen LogP contribution in [0.25, 0.3) is 0 Å². The van der Waals surface area contributed by atoms with Crippen molar-refractivity contribution in [1.29, 1.82) is 0 Å². The van der Waals surface area contributed by atoms with Crippen LogP contribution in [0, 0.1) is 0 Å². The lowest BCUT2D eigenvalue weighted by atomic mass is 9.75. The van der Waals surface area contributed by atoms with Crippen molar-refractivity contribution in [1.82, 2.24) is 5.32 Å². The summed E-state index contributed by atoms with van der Waals surface area (Å²) in [7, 11) is 1.73. The molecular formula is C16H27NO. The quantitative estimate of drug-likeness (QED) is 0.794. The molecule has 0 radical (unpaired) electrons. The van der Waals surface area contributed by atoms with Crippen LogP contribution in [-0.4, -0.2) is 19.7 Å². The molecule has 0 heterocycles. The lowest BCUT2D eigenvalue weighted by Gasteiger charge is -2.34. The molecule has 0 aliphatic rings. The monoisotopic (exact) mass is 249 g/mol. The Morgan fingerprint density at radius 2 is 1.89 bits per heavy atom. The lowest BCUT2D eigenvalue weighted by molar-refractivity contribution is 0.351. The van der Waals surface area contributed by atoms with Crippen molar-refractivity contribution in [2.24, 2.45) is 0 Å². The molecule has 0 bridgehead atoms. The van der Waals surface area contributed by atoms with E-state index in [2.05, 4.69) is 51.2 Å². The zero-order valence-electron chi connectivity index (χ0n) is 12.4. The fourth-order valence-electron chi connectivity index (χ4n) is 2.36. The predicted molar refractivity (Wildman–Crippen MR) is 78.4 cm³/mol. The first-order valence-corrected chi connectivity index (χ1v) is 6.96. The minimum atomic E-state index is 0.207. The molecular weight excluding hydrogens is 222 g/mol. The fraction of sp³-hybridized carbons (Fsp3) is 0.625. The second kappa shape index (κ2) is 6.79. The molecule has 0 spiro atoms. The van der Waals surface area contributed by atoms with Crippen molar-refractivity contribution < 1.29 is 4.74 Å². The molecule has 1 aromatic rings. The van der Waals surface area contributed by atoms with E-state index >= 15 is 0 Å². The first-order valence-electron chi connectivity index (χ1n) is 6.96. The van der Waals surface area contributed by atoms with E-state index in [1.165, 1.54) is 5.56 Å². The minimum Gasteiger partial charge on any atom is -0.497 e. The van der Waals surface area contributed by atoms with Crippen LogP contribution < -0.4 is 10.1 Å². The summed E-state index contributed by atoms with van der Waals surface area (Å²) in [5, 5.41) is 3.58. The minimum absolute atomic E-state index is 0.207. The summed E-state index contributed by atoms with van der Waals surface area (Å²) in [4.78, 5) is 0. The number of nitrogens with one attached hydrogen (secondary N) is 1. The molecule has 0 fully saturated rings. The van der Waals surface area contributed by atoms with E-state index in [1.807, 2.05) is 6.07 Å². The zero-order chi connectivity index (χ0) is 13.6. The second-order valence-electron chi connectivity index (χ2n) is 5.25. The topological polar surface area (TPSA) is 21.3 Å². The molecule has 0 aromatic heterocycles. The average molecular weight is 249 g/mol. The first kappa shape index (κ1) is 15.0. The standard InChI is InChI=1S/C16H27NO/c1-6-16(7-2,12-17-13(3)4)14-9-8-10-15(11-14)18-5/h8-11,13,17H,6-7,12H2,1-5H3. The van der Waals surface area contributed by atoms with E-state index in [1.54, 1.807) is 7.11 Å². The van der Waals surface area contributed by atoms with Crippen LogP contribution in [0.15, 0.2) is 24.3 Å². The van der Waals surface area contributed by atoms with E-state index in [0.717, 1.165) is 25.1 Å². The molecule has 1 aromatic carbocycles. The molecule has 0 atom stereocenters. The highest BCUT2D eigenvalue weighted by Crippen LogP contribution is 2.33. The smallest absolute Gasteiger partial charge is 0.119 e. The molecule has 0 saturated carbocycles. The van der Waals surface area contributed by atoms with Gasteiger partial charge in [0.15, 0.2) is 0 Å². The number of hydrogen-bond donors (Lipinski definition) is 1. The third-order valence-corrected chi connectivity index (χ3v) is 3.88. The second-order valence-corrected chi connectivity index (χ2v) is 5.25. The van der Waals surface area contributed by atoms with Gasteiger partial charge in [-0.2, -0.15) is 0 Å². The van der Waals surface area contributed by atoms with Gasteiger partial charge in [-0.1, -0.05) is 39.8 Å². The molecule has 102 valence electrons. The highest BCUT2D eigenvalue weighted by Gasteiger charge is 2.28. The number of hydrogen-bond acceptors (Lipinski definition) is 2. The predicted octanol–water partition coefficient (Wildman–Crippen LogP) is 3.75. The van der Waals surface area contributed by atoms with E-state index in [-0.39, 0.29) is 5.41 Å². The van der Waals surface area contributed by atoms with Crippen LogP contribution in [0.2, 0.25) is 0 Å². The Morgan fingerprint density at radius 1 is 1.22 bits per heavy atom. The van der Waals surface area contributed by atoms with Gasteiger partial charge in [-0.05, 0) is 30.5 Å². The summed E-state index contributed by atoms with van der Waals surface area (Å²) in [6, 6.07) is 9.01. The van der Waals surface area contributed by atoms with Crippen LogP contribution >= 0.6 is 0 Å². The van der Waals surface area contributed by atoms with Crippen molar-refractivity contribution in [3.05, 3.63) is 29.8 Å². The van der Waals surface area contributed by atoms with Gasteiger partial charge in [0, 0.05) is 18.0 Å². The summed E-state index contributed by atoms with van der Waals surface area (Å²) < 4.78 is 5.34. The van der Waals surface area contributed by atoms with Gasteiger partial charge in [-0.15, -0.1) is 0 Å². The van der Waals surface area contributed by atoms with E-state index in [0.29, 0.717) is 6.04 Å². The molecule has 2 nitrogen and oxygen atoms in total. The van der Waals surface area contributed by atoms with Crippen molar-refractivity contribution in [2.75, 3.05) is 13.7 Å². The van der Waals surface area contributed by atoms with Crippen LogP contribution in [0.4, 0.5) is 0 Å². The summed E-state index contributed by atoms with van der Waals surface area (Å²) in [6.45, 7) is 9.95. The normalized spacial score (nSPS) is 11.9. The van der Waals surface area contributed by atoms with Gasteiger partial charge in [0.1, 0.15) is 5.75 Å². The SMILES string of the molecule is CCC(CC)(CNC(C)C)c1cccc(OC)c1. The Hall–Kier alpha value is -1.02. The Bertz CT molecular complexity index is 356. The maximum atomic E-state index is 5.34. The third-order valence-electron chi connectivity index (χ3n) is 3.88. The molecule has 0 aliphatic carbocycles.